The number of hydrogen-bond donors (Lipinski definition) is 2. The smallest absolute Gasteiger partial charge is 0.246 e. The molecule has 8 heteroatoms. The largest absolute Gasteiger partial charge is 0.391 e. The van der Waals surface area contributed by atoms with Crippen LogP contribution in [0.1, 0.15) is 22.9 Å². The lowest BCUT2D eigenvalue weighted by atomic mass is 10.1. The van der Waals surface area contributed by atoms with Crippen LogP contribution in [0.15, 0.2) is 29.2 Å². The Bertz CT molecular complexity index is 832. The maximum atomic E-state index is 12.6. The molecule has 0 radical (unpaired) electrons. The van der Waals surface area contributed by atoms with Crippen molar-refractivity contribution in [3.05, 3.63) is 46.2 Å². The molecule has 1 aliphatic carbocycles. The Hall–Kier alpha value is -1.41. The normalized spacial score (nSPS) is 21.1. The second-order valence-electron chi connectivity index (χ2n) is 5.40. The van der Waals surface area contributed by atoms with E-state index in [1.165, 1.54) is 4.68 Å². The number of nitrogens with one attached hydrogen (secondary N) is 1. The molecule has 0 aliphatic heterocycles. The number of aliphatic hydroxyl groups is 1. The number of rotatable bonds is 3. The van der Waals surface area contributed by atoms with E-state index in [1.807, 2.05) is 24.3 Å². The summed E-state index contributed by atoms with van der Waals surface area (Å²) >= 11 is 6.04. The molecule has 2 N–H and O–H groups in total. The fraction of sp³-hybridized carbons (Fsp3) is 0.357. The number of aliphatic hydroxyl groups excluding tert-OH is 1. The van der Waals surface area contributed by atoms with Crippen molar-refractivity contribution in [3.63, 3.8) is 0 Å². The Morgan fingerprint density at radius 1 is 1.41 bits per heavy atom. The van der Waals surface area contributed by atoms with Crippen LogP contribution in [0, 0.1) is 6.92 Å². The van der Waals surface area contributed by atoms with Gasteiger partial charge in [-0.1, -0.05) is 35.9 Å². The highest BCUT2D eigenvalue weighted by Gasteiger charge is 2.36. The van der Waals surface area contributed by atoms with Gasteiger partial charge in [0.25, 0.3) is 0 Å². The predicted molar refractivity (Wildman–Crippen MR) is 82.2 cm³/mol. The van der Waals surface area contributed by atoms with E-state index in [0.29, 0.717) is 12.1 Å². The number of hydrogen-bond acceptors (Lipinski definition) is 4. The van der Waals surface area contributed by atoms with Gasteiger partial charge in [-0.05, 0) is 18.1 Å². The van der Waals surface area contributed by atoms with Crippen LogP contribution in [-0.2, 0) is 23.5 Å². The average Bonchev–Trinajstić information content (AvgIpc) is 2.88. The monoisotopic (exact) mass is 341 g/mol. The minimum Gasteiger partial charge on any atom is -0.391 e. The molecule has 3 rings (SSSR count). The third-order valence-corrected chi connectivity index (χ3v) is 5.99. The zero-order valence-electron chi connectivity index (χ0n) is 12.1. The molecule has 0 amide bonds. The van der Waals surface area contributed by atoms with Crippen molar-refractivity contribution in [2.75, 3.05) is 0 Å². The third kappa shape index (κ3) is 2.44. The van der Waals surface area contributed by atoms with E-state index < -0.39 is 22.2 Å². The van der Waals surface area contributed by atoms with Crippen LogP contribution < -0.4 is 4.72 Å². The summed E-state index contributed by atoms with van der Waals surface area (Å²) in [5, 5.41) is 14.2. The van der Waals surface area contributed by atoms with Crippen molar-refractivity contribution in [3.8, 4) is 0 Å². The summed E-state index contributed by atoms with van der Waals surface area (Å²) in [6, 6.07) is 6.70. The fourth-order valence-electron chi connectivity index (χ4n) is 2.86. The van der Waals surface area contributed by atoms with Crippen molar-refractivity contribution in [2.45, 2.75) is 30.4 Å². The lowest BCUT2D eigenvalue weighted by molar-refractivity contribution is 0.151. The quantitative estimate of drug-likeness (QED) is 0.881. The molecular weight excluding hydrogens is 326 g/mol. The van der Waals surface area contributed by atoms with Gasteiger partial charge in [-0.25, -0.2) is 13.1 Å². The Labute approximate surface area is 133 Å². The zero-order valence-corrected chi connectivity index (χ0v) is 13.7. The van der Waals surface area contributed by atoms with E-state index in [1.54, 1.807) is 14.0 Å². The average molecular weight is 342 g/mol. The van der Waals surface area contributed by atoms with Crippen molar-refractivity contribution < 1.29 is 13.5 Å². The molecule has 0 unspecified atom stereocenters. The fourth-order valence-corrected chi connectivity index (χ4v) is 4.86. The molecule has 1 heterocycles. The summed E-state index contributed by atoms with van der Waals surface area (Å²) in [4.78, 5) is -0.0479. The van der Waals surface area contributed by atoms with Gasteiger partial charge in [0, 0.05) is 13.5 Å². The van der Waals surface area contributed by atoms with Gasteiger partial charge in [0.2, 0.25) is 10.0 Å². The van der Waals surface area contributed by atoms with Crippen LogP contribution in [0.25, 0.3) is 0 Å². The van der Waals surface area contributed by atoms with E-state index in [4.69, 9.17) is 11.6 Å². The van der Waals surface area contributed by atoms with Gasteiger partial charge >= 0.3 is 0 Å². The molecule has 118 valence electrons. The lowest BCUT2D eigenvalue weighted by Gasteiger charge is -2.18. The number of aromatic nitrogens is 2. The molecule has 0 bridgehead atoms. The Morgan fingerprint density at radius 2 is 2.09 bits per heavy atom. The van der Waals surface area contributed by atoms with Crippen molar-refractivity contribution in [2.24, 2.45) is 7.05 Å². The van der Waals surface area contributed by atoms with E-state index in [2.05, 4.69) is 9.82 Å². The van der Waals surface area contributed by atoms with Gasteiger partial charge in [0.05, 0.1) is 17.8 Å². The van der Waals surface area contributed by atoms with E-state index >= 15 is 0 Å². The van der Waals surface area contributed by atoms with Crippen molar-refractivity contribution >= 4 is 21.6 Å². The topological polar surface area (TPSA) is 84.2 Å². The molecule has 1 aromatic heterocycles. The first-order valence-corrected chi connectivity index (χ1v) is 8.64. The van der Waals surface area contributed by atoms with Crippen LogP contribution in [0.5, 0.6) is 0 Å². The van der Waals surface area contributed by atoms with Gasteiger partial charge in [0.15, 0.2) is 0 Å². The zero-order chi connectivity index (χ0) is 16.1. The lowest BCUT2D eigenvalue weighted by Crippen LogP contribution is -2.34. The molecule has 22 heavy (non-hydrogen) atoms. The molecule has 0 spiro atoms. The second-order valence-corrected chi connectivity index (χ2v) is 7.41. The summed E-state index contributed by atoms with van der Waals surface area (Å²) < 4.78 is 29.1. The molecule has 0 saturated heterocycles. The molecule has 1 aliphatic rings. The summed E-state index contributed by atoms with van der Waals surface area (Å²) in [5.41, 5.74) is 2.05. The first kappa shape index (κ1) is 15.5. The second kappa shape index (κ2) is 5.34. The maximum absolute atomic E-state index is 12.6. The van der Waals surface area contributed by atoms with Gasteiger partial charge in [-0.3, -0.25) is 4.68 Å². The molecular formula is C14H16ClN3O3S. The van der Waals surface area contributed by atoms with Gasteiger partial charge in [-0.15, -0.1) is 0 Å². The summed E-state index contributed by atoms with van der Waals surface area (Å²) in [6.07, 6.45) is -0.383. The number of fused-ring (bicyclic) bond motifs is 1. The molecule has 1 aromatic carbocycles. The molecule has 0 fully saturated rings. The van der Waals surface area contributed by atoms with Crippen molar-refractivity contribution in [1.29, 1.82) is 0 Å². The highest BCUT2D eigenvalue weighted by Crippen LogP contribution is 2.33. The standard InChI is InChI=1S/C14H16ClN3O3S/c1-8-13(14(15)18(2)16-8)22(20,21)17-12-10-6-4-3-5-9(10)7-11(12)19/h3-6,11-12,17,19H,7H2,1-2H3/t11-,12+/m1/s1. The highest BCUT2D eigenvalue weighted by atomic mass is 35.5. The summed E-state index contributed by atoms with van der Waals surface area (Å²) in [5.74, 6) is 0. The minimum absolute atomic E-state index is 0.0470. The molecule has 0 saturated carbocycles. The van der Waals surface area contributed by atoms with E-state index in [9.17, 15) is 13.5 Å². The summed E-state index contributed by atoms with van der Waals surface area (Å²) in [7, 11) is -2.31. The van der Waals surface area contributed by atoms with Crippen LogP contribution >= 0.6 is 11.6 Å². The number of sulfonamides is 1. The third-order valence-electron chi connectivity index (χ3n) is 3.85. The van der Waals surface area contributed by atoms with Crippen LogP contribution in [0.4, 0.5) is 0 Å². The number of nitrogens with zero attached hydrogens (tertiary/aromatic N) is 2. The van der Waals surface area contributed by atoms with E-state index in [-0.39, 0.29) is 10.0 Å². The molecule has 2 atom stereocenters. The van der Waals surface area contributed by atoms with Gasteiger partial charge in [-0.2, -0.15) is 5.10 Å². The van der Waals surface area contributed by atoms with Crippen LogP contribution in [-0.4, -0.2) is 29.4 Å². The number of benzene rings is 1. The molecule has 6 nitrogen and oxygen atoms in total. The first-order valence-electron chi connectivity index (χ1n) is 6.78. The first-order chi connectivity index (χ1) is 10.3. The number of halogens is 1. The van der Waals surface area contributed by atoms with Crippen LogP contribution in [0.2, 0.25) is 5.15 Å². The Balaban J connectivity index is 1.99. The predicted octanol–water partition coefficient (Wildman–Crippen LogP) is 1.32. The maximum Gasteiger partial charge on any atom is 0.246 e. The van der Waals surface area contributed by atoms with Gasteiger partial charge < -0.3 is 5.11 Å². The Kier molecular flexibility index (Phi) is 3.76. The van der Waals surface area contributed by atoms with Crippen LogP contribution in [0.3, 0.4) is 0 Å². The number of aryl methyl sites for hydroxylation is 2. The Morgan fingerprint density at radius 3 is 2.73 bits per heavy atom. The van der Waals surface area contributed by atoms with Crippen molar-refractivity contribution in [1.82, 2.24) is 14.5 Å². The van der Waals surface area contributed by atoms with Gasteiger partial charge in [0.1, 0.15) is 10.0 Å². The highest BCUT2D eigenvalue weighted by molar-refractivity contribution is 7.89. The van der Waals surface area contributed by atoms with E-state index in [0.717, 1.165) is 11.1 Å². The molecule has 2 aromatic rings. The summed E-state index contributed by atoms with van der Waals surface area (Å²) in [6.45, 7) is 1.58. The minimum atomic E-state index is -3.89. The SMILES string of the molecule is Cc1nn(C)c(Cl)c1S(=O)(=O)N[C@H]1c2ccccc2C[C@H]1O.